The highest BCUT2D eigenvalue weighted by Crippen LogP contribution is 2.23. The number of nitrogens with one attached hydrogen (secondary N) is 1. The van der Waals surface area contributed by atoms with Crippen LogP contribution in [0.5, 0.6) is 0 Å². The van der Waals surface area contributed by atoms with E-state index in [-0.39, 0.29) is 12.8 Å². The Morgan fingerprint density at radius 3 is 1.28 bits per heavy atom. The van der Waals surface area contributed by atoms with Crippen molar-refractivity contribution >= 4 is 5.91 Å². The molecular weight excluding hydrogens is 847 g/mol. The summed E-state index contributed by atoms with van der Waals surface area (Å²) in [6.45, 7) is 3.44. The predicted octanol–water partition coefficient (Wildman–Crippen LogP) is 11.6. The summed E-state index contributed by atoms with van der Waals surface area (Å²) in [5, 5.41) is 75.9. The molecule has 0 aromatic carbocycles. The summed E-state index contributed by atoms with van der Waals surface area (Å²) in [4.78, 5) is 13.1. The van der Waals surface area contributed by atoms with Crippen molar-refractivity contribution in [3.8, 4) is 0 Å². The number of unbranched alkanes of at least 4 members (excludes halogenated alkanes) is 35. The van der Waals surface area contributed by atoms with Gasteiger partial charge in [-0.25, -0.2) is 0 Å². The number of aliphatic hydroxyl groups is 7. The van der Waals surface area contributed by atoms with E-state index in [1.807, 2.05) is 0 Å². The number of allylic oxidation sites excluding steroid dienone is 2. The molecule has 398 valence electrons. The molecule has 1 saturated heterocycles. The molecule has 67 heavy (non-hydrogen) atoms. The molecule has 0 spiro atoms. The molecule has 1 heterocycles. The van der Waals surface area contributed by atoms with Crippen molar-refractivity contribution in [1.82, 2.24) is 5.32 Å². The fourth-order valence-electron chi connectivity index (χ4n) is 9.39. The SMILES string of the molecule is CCCCCCCCCCCCCCCCCCCCCCCCCC/C=C/CCCC(O)C(O)C(COC1OC(CO)C(O)C(O)C1O)NC(=O)C(O)CCCCCCCCCCCCC. The Hall–Kier alpha value is -1.15. The van der Waals surface area contributed by atoms with Crippen molar-refractivity contribution in [1.29, 1.82) is 0 Å². The Balaban J connectivity index is 2.24. The van der Waals surface area contributed by atoms with E-state index in [1.54, 1.807) is 0 Å². The van der Waals surface area contributed by atoms with Crippen molar-refractivity contribution in [3.63, 3.8) is 0 Å². The first-order valence-electron chi connectivity index (χ1n) is 28.6. The minimum Gasteiger partial charge on any atom is -0.394 e. The average molecular weight is 956 g/mol. The molecule has 1 fully saturated rings. The summed E-state index contributed by atoms with van der Waals surface area (Å²) in [6, 6.07) is -1.18. The van der Waals surface area contributed by atoms with Gasteiger partial charge in [-0.3, -0.25) is 4.79 Å². The van der Waals surface area contributed by atoms with E-state index in [9.17, 15) is 40.5 Å². The van der Waals surface area contributed by atoms with Gasteiger partial charge >= 0.3 is 0 Å². The number of hydrogen-bond acceptors (Lipinski definition) is 10. The number of ether oxygens (including phenoxy) is 2. The lowest BCUT2D eigenvalue weighted by Gasteiger charge is -2.40. The summed E-state index contributed by atoms with van der Waals surface area (Å²) in [7, 11) is 0. The molecule has 1 rings (SSSR count). The first-order chi connectivity index (χ1) is 32.7. The maximum absolute atomic E-state index is 13.1. The van der Waals surface area contributed by atoms with Gasteiger partial charge in [0.2, 0.25) is 5.91 Å². The van der Waals surface area contributed by atoms with Crippen LogP contribution in [0.4, 0.5) is 0 Å². The highest BCUT2D eigenvalue weighted by molar-refractivity contribution is 5.80. The van der Waals surface area contributed by atoms with E-state index in [1.165, 1.54) is 193 Å². The van der Waals surface area contributed by atoms with Crippen LogP contribution < -0.4 is 5.32 Å². The van der Waals surface area contributed by atoms with Gasteiger partial charge in [-0.1, -0.05) is 244 Å². The van der Waals surface area contributed by atoms with Gasteiger partial charge in [0.1, 0.15) is 36.6 Å². The molecular formula is C56H109NO10. The normalized spacial score (nSPS) is 20.6. The number of carbonyl (C=O) groups excluding carboxylic acids is 1. The Morgan fingerprint density at radius 1 is 0.507 bits per heavy atom. The van der Waals surface area contributed by atoms with Crippen molar-refractivity contribution in [2.24, 2.45) is 0 Å². The predicted molar refractivity (Wildman–Crippen MR) is 275 cm³/mol. The second-order valence-electron chi connectivity index (χ2n) is 20.4. The van der Waals surface area contributed by atoms with E-state index in [2.05, 4.69) is 31.3 Å². The maximum Gasteiger partial charge on any atom is 0.249 e. The third kappa shape index (κ3) is 34.8. The van der Waals surface area contributed by atoms with Gasteiger partial charge in [-0.05, 0) is 38.5 Å². The smallest absolute Gasteiger partial charge is 0.249 e. The van der Waals surface area contributed by atoms with Crippen LogP contribution in [0.2, 0.25) is 0 Å². The van der Waals surface area contributed by atoms with E-state index < -0.39 is 74.2 Å². The standard InChI is InChI=1S/C56H109NO10/c1-3-5-7-9-11-13-15-16-17-18-19-20-21-22-23-24-25-26-27-28-29-30-31-32-34-35-37-39-41-43-48(59)51(61)47(46-66-56-54(64)53(63)52(62)50(45-58)67-56)57-55(65)49(60)44-42-40-38-36-33-14-12-10-8-6-4-2/h35,37,47-54,56,58-64H,3-34,36,38-46H2,1-2H3,(H,57,65)/b37-35+. The van der Waals surface area contributed by atoms with E-state index >= 15 is 0 Å². The molecule has 11 nitrogen and oxygen atoms in total. The van der Waals surface area contributed by atoms with E-state index in [0.717, 1.165) is 38.5 Å². The molecule has 9 atom stereocenters. The van der Waals surface area contributed by atoms with Gasteiger partial charge in [0, 0.05) is 0 Å². The van der Waals surface area contributed by atoms with Crippen LogP contribution >= 0.6 is 0 Å². The zero-order valence-electron chi connectivity index (χ0n) is 43.4. The quantitative estimate of drug-likeness (QED) is 0.0215. The number of aliphatic hydroxyl groups excluding tert-OH is 7. The zero-order chi connectivity index (χ0) is 49.0. The Kier molecular flexibility index (Phi) is 43.8. The lowest BCUT2D eigenvalue weighted by Crippen LogP contribution is -2.60. The minimum atomic E-state index is -1.66. The molecule has 0 bridgehead atoms. The summed E-state index contributed by atoms with van der Waals surface area (Å²) in [6.07, 6.45) is 41.5. The number of amides is 1. The van der Waals surface area contributed by atoms with Gasteiger partial charge in [-0.15, -0.1) is 0 Å². The van der Waals surface area contributed by atoms with Crippen molar-refractivity contribution in [2.45, 2.75) is 326 Å². The Labute approximate surface area is 411 Å². The van der Waals surface area contributed by atoms with E-state index in [0.29, 0.717) is 12.8 Å². The van der Waals surface area contributed by atoms with Crippen LogP contribution in [-0.2, 0) is 14.3 Å². The largest absolute Gasteiger partial charge is 0.394 e. The molecule has 11 heteroatoms. The van der Waals surface area contributed by atoms with Crippen LogP contribution in [0.3, 0.4) is 0 Å². The Morgan fingerprint density at radius 2 is 0.881 bits per heavy atom. The zero-order valence-corrected chi connectivity index (χ0v) is 43.4. The van der Waals surface area contributed by atoms with Gasteiger partial charge in [0.15, 0.2) is 6.29 Å². The van der Waals surface area contributed by atoms with Gasteiger partial charge in [0.05, 0.1) is 25.4 Å². The molecule has 1 amide bonds. The number of rotatable bonds is 49. The fourth-order valence-corrected chi connectivity index (χ4v) is 9.39. The number of hydrogen-bond donors (Lipinski definition) is 8. The lowest BCUT2D eigenvalue weighted by molar-refractivity contribution is -0.303. The Bertz CT molecular complexity index is 1100. The van der Waals surface area contributed by atoms with Crippen molar-refractivity contribution in [2.75, 3.05) is 13.2 Å². The molecule has 0 aliphatic carbocycles. The topological polar surface area (TPSA) is 189 Å². The van der Waals surface area contributed by atoms with Crippen LogP contribution in [0.15, 0.2) is 12.2 Å². The highest BCUT2D eigenvalue weighted by Gasteiger charge is 2.44. The van der Waals surface area contributed by atoms with Crippen LogP contribution in [0, 0.1) is 0 Å². The molecule has 9 unspecified atom stereocenters. The number of carbonyl (C=O) groups is 1. The van der Waals surface area contributed by atoms with Gasteiger partial charge in [-0.2, -0.15) is 0 Å². The van der Waals surface area contributed by atoms with Gasteiger partial charge < -0.3 is 50.5 Å². The molecule has 0 radical (unpaired) electrons. The van der Waals surface area contributed by atoms with Crippen molar-refractivity contribution < 1.29 is 50.0 Å². The second kappa shape index (κ2) is 46.0. The molecule has 0 aromatic rings. The minimum absolute atomic E-state index is 0.258. The molecule has 0 aromatic heterocycles. The highest BCUT2D eigenvalue weighted by atomic mass is 16.7. The molecule has 0 saturated carbocycles. The van der Waals surface area contributed by atoms with Gasteiger partial charge in [0.25, 0.3) is 0 Å². The van der Waals surface area contributed by atoms with Crippen LogP contribution in [0.25, 0.3) is 0 Å². The van der Waals surface area contributed by atoms with Crippen molar-refractivity contribution in [3.05, 3.63) is 12.2 Å². The first-order valence-corrected chi connectivity index (χ1v) is 28.6. The monoisotopic (exact) mass is 956 g/mol. The average Bonchev–Trinajstić information content (AvgIpc) is 3.33. The summed E-state index contributed by atoms with van der Waals surface area (Å²) < 4.78 is 11.1. The fraction of sp³-hybridized carbons (Fsp3) is 0.946. The van der Waals surface area contributed by atoms with E-state index in [4.69, 9.17) is 9.47 Å². The summed E-state index contributed by atoms with van der Waals surface area (Å²) in [5.74, 6) is -0.704. The molecule has 1 aliphatic heterocycles. The lowest BCUT2D eigenvalue weighted by atomic mass is 9.98. The summed E-state index contributed by atoms with van der Waals surface area (Å²) in [5.41, 5.74) is 0. The molecule has 8 N–H and O–H groups in total. The van der Waals surface area contributed by atoms with Crippen LogP contribution in [0.1, 0.15) is 271 Å². The molecule has 1 aliphatic rings. The van der Waals surface area contributed by atoms with Crippen LogP contribution in [-0.4, -0.2) is 110 Å². The second-order valence-corrected chi connectivity index (χ2v) is 20.4. The summed E-state index contributed by atoms with van der Waals surface area (Å²) >= 11 is 0. The third-order valence-electron chi connectivity index (χ3n) is 14.1. The third-order valence-corrected chi connectivity index (χ3v) is 14.1. The maximum atomic E-state index is 13.1. The first kappa shape index (κ1) is 63.9.